The summed E-state index contributed by atoms with van der Waals surface area (Å²) in [5.41, 5.74) is 5.39. The van der Waals surface area contributed by atoms with E-state index in [1.165, 1.54) is 6.07 Å². The first-order valence-corrected chi connectivity index (χ1v) is 4.51. The van der Waals surface area contributed by atoms with Crippen molar-refractivity contribution in [2.24, 2.45) is 0 Å². The summed E-state index contributed by atoms with van der Waals surface area (Å²) >= 11 is 5.74. The topological polar surface area (TPSA) is 35.2 Å². The van der Waals surface area contributed by atoms with E-state index in [1.807, 2.05) is 19.1 Å². The van der Waals surface area contributed by atoms with Gasteiger partial charge in [-0.25, -0.2) is 4.39 Å². The zero-order chi connectivity index (χ0) is 10.6. The fraction of sp³-hybridized carbons (Fsp3) is 0.200. The van der Waals surface area contributed by atoms with E-state index in [4.69, 9.17) is 22.1 Å². The molecule has 0 fully saturated rings. The summed E-state index contributed by atoms with van der Waals surface area (Å²) in [6.07, 6.45) is 3.66. The second-order valence-electron chi connectivity index (χ2n) is 2.68. The van der Waals surface area contributed by atoms with Gasteiger partial charge in [0.15, 0.2) is 0 Å². The highest BCUT2D eigenvalue weighted by Crippen LogP contribution is 2.28. The maximum atomic E-state index is 12.9. The molecule has 0 atom stereocenters. The molecule has 2 N–H and O–H groups in total. The van der Waals surface area contributed by atoms with Crippen molar-refractivity contribution in [1.82, 2.24) is 0 Å². The fourth-order valence-electron chi connectivity index (χ4n) is 0.890. The normalized spacial score (nSPS) is 10.8. The van der Waals surface area contributed by atoms with Crippen LogP contribution >= 0.6 is 11.6 Å². The Balaban J connectivity index is 2.81. The fourth-order valence-corrected chi connectivity index (χ4v) is 1.09. The molecule has 0 radical (unpaired) electrons. The minimum absolute atomic E-state index is 0.0323. The van der Waals surface area contributed by atoms with Crippen molar-refractivity contribution in [3.63, 3.8) is 0 Å². The van der Waals surface area contributed by atoms with E-state index in [2.05, 4.69) is 0 Å². The highest BCUT2D eigenvalue weighted by molar-refractivity contribution is 6.32. The van der Waals surface area contributed by atoms with Crippen LogP contribution in [0.4, 0.5) is 10.1 Å². The van der Waals surface area contributed by atoms with E-state index in [1.54, 1.807) is 0 Å². The van der Waals surface area contributed by atoms with Crippen LogP contribution in [0.25, 0.3) is 0 Å². The molecule has 0 aromatic heterocycles. The monoisotopic (exact) mass is 215 g/mol. The molecule has 0 saturated heterocycles. The van der Waals surface area contributed by atoms with Gasteiger partial charge in [-0.15, -0.1) is 0 Å². The van der Waals surface area contributed by atoms with Gasteiger partial charge >= 0.3 is 0 Å². The molecule has 1 aromatic rings. The quantitative estimate of drug-likeness (QED) is 0.622. The minimum atomic E-state index is -0.534. The maximum Gasteiger partial charge on any atom is 0.147 e. The predicted octanol–water partition coefficient (Wildman–Crippen LogP) is 3.02. The highest BCUT2D eigenvalue weighted by atomic mass is 35.5. The van der Waals surface area contributed by atoms with Crippen LogP contribution in [-0.4, -0.2) is 6.61 Å². The number of rotatable bonds is 3. The van der Waals surface area contributed by atoms with Crippen molar-refractivity contribution in [2.45, 2.75) is 6.92 Å². The van der Waals surface area contributed by atoms with Crippen LogP contribution in [0.3, 0.4) is 0 Å². The lowest BCUT2D eigenvalue weighted by Gasteiger charge is -2.06. The number of halogens is 2. The van der Waals surface area contributed by atoms with Gasteiger partial charge in [0.25, 0.3) is 0 Å². The third kappa shape index (κ3) is 2.64. The zero-order valence-electron chi connectivity index (χ0n) is 7.76. The SMILES string of the molecule is C/C=C\COc1cc(N)c(F)cc1Cl. The molecule has 0 aliphatic carbocycles. The number of nitrogen functional groups attached to an aromatic ring is 1. The number of anilines is 1. The van der Waals surface area contributed by atoms with Gasteiger partial charge in [0, 0.05) is 6.07 Å². The summed E-state index contributed by atoms with van der Waals surface area (Å²) in [5, 5.41) is 0.223. The molecule has 2 nitrogen and oxygen atoms in total. The number of allylic oxidation sites excluding steroid dienone is 1. The van der Waals surface area contributed by atoms with E-state index in [0.29, 0.717) is 12.4 Å². The van der Waals surface area contributed by atoms with Gasteiger partial charge in [-0.2, -0.15) is 0 Å². The number of nitrogens with two attached hydrogens (primary N) is 1. The summed E-state index contributed by atoms with van der Waals surface area (Å²) in [4.78, 5) is 0. The summed E-state index contributed by atoms with van der Waals surface area (Å²) in [6.45, 7) is 2.27. The molecular formula is C10H11ClFNO. The molecule has 0 aliphatic heterocycles. The van der Waals surface area contributed by atoms with Gasteiger partial charge in [0.2, 0.25) is 0 Å². The Hall–Kier alpha value is -1.22. The van der Waals surface area contributed by atoms with Crippen molar-refractivity contribution in [3.8, 4) is 5.75 Å². The van der Waals surface area contributed by atoms with Gasteiger partial charge in [0.1, 0.15) is 18.2 Å². The predicted molar refractivity (Wildman–Crippen MR) is 56.1 cm³/mol. The number of benzene rings is 1. The molecule has 0 spiro atoms. The first kappa shape index (κ1) is 10.9. The van der Waals surface area contributed by atoms with Crippen molar-refractivity contribution in [2.75, 3.05) is 12.3 Å². The second kappa shape index (κ2) is 4.86. The van der Waals surface area contributed by atoms with Crippen LogP contribution in [-0.2, 0) is 0 Å². The molecular weight excluding hydrogens is 205 g/mol. The van der Waals surface area contributed by atoms with Gasteiger partial charge in [-0.3, -0.25) is 0 Å². The lowest BCUT2D eigenvalue weighted by Crippen LogP contribution is -1.97. The summed E-state index contributed by atoms with van der Waals surface area (Å²) in [6, 6.07) is 2.52. The summed E-state index contributed by atoms with van der Waals surface area (Å²) in [5.74, 6) is -0.142. The van der Waals surface area contributed by atoms with Gasteiger partial charge in [-0.1, -0.05) is 23.8 Å². The average molecular weight is 216 g/mol. The van der Waals surface area contributed by atoms with E-state index < -0.39 is 5.82 Å². The van der Waals surface area contributed by atoms with Crippen LogP contribution in [0.2, 0.25) is 5.02 Å². The van der Waals surface area contributed by atoms with Crippen LogP contribution in [0.1, 0.15) is 6.92 Å². The average Bonchev–Trinajstić information content (AvgIpc) is 2.14. The van der Waals surface area contributed by atoms with E-state index in [9.17, 15) is 4.39 Å². The Kier molecular flexibility index (Phi) is 3.77. The second-order valence-corrected chi connectivity index (χ2v) is 3.09. The Morgan fingerprint density at radius 3 is 2.93 bits per heavy atom. The van der Waals surface area contributed by atoms with E-state index in [-0.39, 0.29) is 10.7 Å². The largest absolute Gasteiger partial charge is 0.488 e. The Morgan fingerprint density at radius 2 is 2.29 bits per heavy atom. The molecule has 1 aromatic carbocycles. The summed E-state index contributed by atoms with van der Waals surface area (Å²) < 4.78 is 18.1. The minimum Gasteiger partial charge on any atom is -0.488 e. The lowest BCUT2D eigenvalue weighted by atomic mass is 10.3. The number of ether oxygens (including phenoxy) is 1. The van der Waals surface area contributed by atoms with Crippen molar-refractivity contribution in [1.29, 1.82) is 0 Å². The molecule has 0 unspecified atom stereocenters. The molecule has 0 saturated carbocycles. The molecule has 0 amide bonds. The first-order chi connectivity index (χ1) is 6.65. The van der Waals surface area contributed by atoms with Crippen molar-refractivity contribution >= 4 is 17.3 Å². The third-order valence-electron chi connectivity index (χ3n) is 1.62. The number of hydrogen-bond acceptors (Lipinski definition) is 2. The molecule has 76 valence electrons. The van der Waals surface area contributed by atoms with Crippen LogP contribution in [0.5, 0.6) is 5.75 Å². The summed E-state index contributed by atoms with van der Waals surface area (Å²) in [7, 11) is 0. The Labute approximate surface area is 87.1 Å². The smallest absolute Gasteiger partial charge is 0.147 e. The highest BCUT2D eigenvalue weighted by Gasteiger charge is 2.06. The molecule has 1 rings (SSSR count). The van der Waals surface area contributed by atoms with Crippen molar-refractivity contribution in [3.05, 3.63) is 35.1 Å². The number of hydrogen-bond donors (Lipinski definition) is 1. The van der Waals surface area contributed by atoms with Gasteiger partial charge in [0.05, 0.1) is 10.7 Å². The van der Waals surface area contributed by atoms with E-state index in [0.717, 1.165) is 6.07 Å². The van der Waals surface area contributed by atoms with Crippen molar-refractivity contribution < 1.29 is 9.13 Å². The zero-order valence-corrected chi connectivity index (χ0v) is 8.51. The standard InChI is InChI=1S/C10H11ClFNO/c1-2-3-4-14-10-6-9(13)8(12)5-7(10)11/h2-3,5-6H,4,13H2,1H3/b3-2-. The lowest BCUT2D eigenvalue weighted by molar-refractivity contribution is 0.362. The molecule has 0 aliphatic rings. The van der Waals surface area contributed by atoms with Crippen LogP contribution < -0.4 is 10.5 Å². The Morgan fingerprint density at radius 1 is 1.57 bits per heavy atom. The molecule has 0 heterocycles. The maximum absolute atomic E-state index is 12.9. The van der Waals surface area contributed by atoms with Gasteiger partial charge in [-0.05, 0) is 13.0 Å². The molecule has 4 heteroatoms. The third-order valence-corrected chi connectivity index (χ3v) is 1.92. The van der Waals surface area contributed by atoms with Gasteiger partial charge < -0.3 is 10.5 Å². The first-order valence-electron chi connectivity index (χ1n) is 4.13. The van der Waals surface area contributed by atoms with E-state index >= 15 is 0 Å². The Bertz CT molecular complexity index is 352. The molecule has 14 heavy (non-hydrogen) atoms. The molecule has 0 bridgehead atoms. The van der Waals surface area contributed by atoms with Crippen LogP contribution in [0, 0.1) is 5.82 Å². The van der Waals surface area contributed by atoms with Crippen LogP contribution in [0.15, 0.2) is 24.3 Å².